The Morgan fingerprint density at radius 3 is 2.62 bits per heavy atom. The van der Waals surface area contributed by atoms with Crippen molar-refractivity contribution in [2.24, 2.45) is 23.5 Å². The Morgan fingerprint density at radius 2 is 2.00 bits per heavy atom. The predicted octanol–water partition coefficient (Wildman–Crippen LogP) is 2.05. The molecule has 1 saturated carbocycles. The number of carbonyl (C=O) groups is 1. The molecule has 0 radical (unpaired) electrons. The molecule has 1 aliphatic carbocycles. The lowest BCUT2D eigenvalue weighted by Crippen LogP contribution is -2.38. The van der Waals surface area contributed by atoms with Crippen LogP contribution < -0.4 is 5.73 Å². The Morgan fingerprint density at radius 1 is 1.33 bits per heavy atom. The topological polar surface area (TPSA) is 83.5 Å². The molecule has 1 aromatic carbocycles. The van der Waals surface area contributed by atoms with Crippen molar-refractivity contribution in [1.29, 1.82) is 0 Å². The van der Waals surface area contributed by atoms with Gasteiger partial charge in [0, 0.05) is 6.04 Å². The lowest BCUT2D eigenvalue weighted by molar-refractivity contribution is -0.143. The second-order valence-electron chi connectivity index (χ2n) is 6.44. The largest absolute Gasteiger partial charge is 0.481 e. The van der Waals surface area contributed by atoms with E-state index in [1.807, 2.05) is 30.3 Å². The molecule has 0 saturated heterocycles. The Kier molecular flexibility index (Phi) is 5.37. The molecule has 0 amide bonds. The number of nitrogens with two attached hydrogens (primary N) is 1. The Bertz CT molecular complexity index is 462. The zero-order valence-electron chi connectivity index (χ0n) is 12.5. The zero-order valence-corrected chi connectivity index (χ0v) is 12.5. The van der Waals surface area contributed by atoms with Gasteiger partial charge in [0.05, 0.1) is 12.0 Å². The average Bonchev–Trinajstić information content (AvgIpc) is 2.81. The Balaban J connectivity index is 1.91. The first-order valence-corrected chi connectivity index (χ1v) is 7.67. The monoisotopic (exact) mass is 291 g/mol. The molecule has 4 N–H and O–H groups in total. The summed E-state index contributed by atoms with van der Waals surface area (Å²) in [5.74, 6) is -0.630. The van der Waals surface area contributed by atoms with Crippen LogP contribution in [0.3, 0.4) is 0 Å². The highest BCUT2D eigenvalue weighted by atomic mass is 16.4. The molecule has 0 spiro atoms. The molecule has 1 aliphatic rings. The minimum atomic E-state index is -0.742. The van der Waals surface area contributed by atoms with E-state index in [0.29, 0.717) is 25.2 Å². The van der Waals surface area contributed by atoms with Crippen molar-refractivity contribution in [2.75, 3.05) is 0 Å². The molecule has 116 valence electrons. The number of benzene rings is 1. The highest BCUT2D eigenvalue weighted by Gasteiger charge is 2.38. The van der Waals surface area contributed by atoms with E-state index < -0.39 is 12.1 Å². The van der Waals surface area contributed by atoms with E-state index in [-0.39, 0.29) is 17.9 Å². The lowest BCUT2D eigenvalue weighted by atomic mass is 9.87. The normalized spacial score (nSPS) is 28.2. The quantitative estimate of drug-likeness (QED) is 0.749. The first kappa shape index (κ1) is 16.0. The molecule has 0 bridgehead atoms. The number of carboxylic acid groups (broad SMARTS) is 1. The van der Waals surface area contributed by atoms with Crippen LogP contribution in [0.4, 0.5) is 0 Å². The second-order valence-corrected chi connectivity index (χ2v) is 6.44. The summed E-state index contributed by atoms with van der Waals surface area (Å²) in [6.07, 6.45) is 2.02. The molecule has 4 nitrogen and oxygen atoms in total. The van der Waals surface area contributed by atoms with Gasteiger partial charge in [0.1, 0.15) is 0 Å². The van der Waals surface area contributed by atoms with Crippen molar-refractivity contribution >= 4 is 5.97 Å². The van der Waals surface area contributed by atoms with Crippen LogP contribution in [0.2, 0.25) is 0 Å². The lowest BCUT2D eigenvalue weighted by Gasteiger charge is -2.24. The molecule has 5 atom stereocenters. The van der Waals surface area contributed by atoms with Crippen LogP contribution in [0.25, 0.3) is 0 Å². The van der Waals surface area contributed by atoms with Crippen LogP contribution in [0.15, 0.2) is 30.3 Å². The van der Waals surface area contributed by atoms with Gasteiger partial charge in [-0.05, 0) is 43.1 Å². The summed E-state index contributed by atoms with van der Waals surface area (Å²) in [5, 5.41) is 19.6. The number of hydrogen-bond donors (Lipinski definition) is 3. The van der Waals surface area contributed by atoms with Crippen molar-refractivity contribution in [3.05, 3.63) is 35.9 Å². The van der Waals surface area contributed by atoms with Gasteiger partial charge in [0.15, 0.2) is 0 Å². The fourth-order valence-corrected chi connectivity index (χ4v) is 3.47. The molecule has 0 heterocycles. The maximum absolute atomic E-state index is 11.3. The summed E-state index contributed by atoms with van der Waals surface area (Å²) < 4.78 is 0. The van der Waals surface area contributed by atoms with Gasteiger partial charge in [-0.3, -0.25) is 4.79 Å². The van der Waals surface area contributed by atoms with Crippen molar-refractivity contribution in [1.82, 2.24) is 0 Å². The number of aliphatic hydroxyl groups excluding tert-OH is 1. The van der Waals surface area contributed by atoms with Crippen molar-refractivity contribution in [3.63, 3.8) is 0 Å². The number of hydrogen-bond acceptors (Lipinski definition) is 3. The minimum absolute atomic E-state index is 0.0364. The van der Waals surface area contributed by atoms with Crippen molar-refractivity contribution in [2.45, 2.75) is 44.8 Å². The van der Waals surface area contributed by atoms with E-state index in [0.717, 1.165) is 12.0 Å². The third-order valence-corrected chi connectivity index (χ3v) is 4.60. The second kappa shape index (κ2) is 7.05. The molecule has 4 heteroatoms. The first-order chi connectivity index (χ1) is 9.97. The van der Waals surface area contributed by atoms with E-state index in [2.05, 4.69) is 6.92 Å². The van der Waals surface area contributed by atoms with Gasteiger partial charge < -0.3 is 15.9 Å². The average molecular weight is 291 g/mol. The van der Waals surface area contributed by atoms with E-state index >= 15 is 0 Å². The molecular weight excluding hydrogens is 266 g/mol. The van der Waals surface area contributed by atoms with Crippen LogP contribution in [-0.2, 0) is 11.2 Å². The summed E-state index contributed by atoms with van der Waals surface area (Å²) in [5.41, 5.74) is 7.18. The molecular formula is C17H25NO3. The molecule has 1 fully saturated rings. The summed E-state index contributed by atoms with van der Waals surface area (Å²) in [6.45, 7) is 2.08. The fourth-order valence-electron chi connectivity index (χ4n) is 3.47. The first-order valence-electron chi connectivity index (χ1n) is 7.67. The summed E-state index contributed by atoms with van der Waals surface area (Å²) in [6, 6.07) is 9.48. The SMILES string of the molecule is CC1CC(CC(O)C(N)Cc2ccccc2)C(C(=O)O)C1. The van der Waals surface area contributed by atoms with Gasteiger partial charge in [-0.2, -0.15) is 0 Å². The van der Waals surface area contributed by atoms with E-state index in [1.165, 1.54) is 0 Å². The molecule has 21 heavy (non-hydrogen) atoms. The van der Waals surface area contributed by atoms with E-state index in [4.69, 9.17) is 5.73 Å². The van der Waals surface area contributed by atoms with Crippen LogP contribution in [0, 0.1) is 17.8 Å². The van der Waals surface area contributed by atoms with Gasteiger partial charge in [-0.25, -0.2) is 0 Å². The smallest absolute Gasteiger partial charge is 0.306 e. The zero-order chi connectivity index (χ0) is 15.4. The third kappa shape index (κ3) is 4.29. The van der Waals surface area contributed by atoms with Gasteiger partial charge in [-0.15, -0.1) is 0 Å². The van der Waals surface area contributed by atoms with Crippen molar-refractivity contribution < 1.29 is 15.0 Å². The van der Waals surface area contributed by atoms with Gasteiger partial charge in [-0.1, -0.05) is 37.3 Å². The molecule has 0 aliphatic heterocycles. The van der Waals surface area contributed by atoms with Crippen LogP contribution in [0.5, 0.6) is 0 Å². The highest BCUT2D eigenvalue weighted by Crippen LogP contribution is 2.39. The third-order valence-electron chi connectivity index (χ3n) is 4.60. The Labute approximate surface area is 126 Å². The van der Waals surface area contributed by atoms with Gasteiger partial charge in [0.2, 0.25) is 0 Å². The van der Waals surface area contributed by atoms with Gasteiger partial charge >= 0.3 is 5.97 Å². The molecule has 5 unspecified atom stereocenters. The Hall–Kier alpha value is -1.39. The fraction of sp³-hybridized carbons (Fsp3) is 0.588. The number of aliphatic hydroxyl groups is 1. The van der Waals surface area contributed by atoms with E-state index in [1.54, 1.807) is 0 Å². The molecule has 1 aromatic rings. The predicted molar refractivity (Wildman–Crippen MR) is 81.8 cm³/mol. The summed E-state index contributed by atoms with van der Waals surface area (Å²) >= 11 is 0. The number of aliphatic carboxylic acids is 1. The maximum Gasteiger partial charge on any atom is 0.306 e. The maximum atomic E-state index is 11.3. The van der Waals surface area contributed by atoms with Crippen LogP contribution in [0.1, 0.15) is 31.7 Å². The summed E-state index contributed by atoms with van der Waals surface area (Å²) in [4.78, 5) is 11.3. The van der Waals surface area contributed by atoms with E-state index in [9.17, 15) is 15.0 Å². The highest BCUT2D eigenvalue weighted by molar-refractivity contribution is 5.70. The van der Waals surface area contributed by atoms with Crippen LogP contribution >= 0.6 is 0 Å². The summed E-state index contributed by atoms with van der Waals surface area (Å²) in [7, 11) is 0. The number of rotatable bonds is 6. The molecule has 0 aromatic heterocycles. The molecule has 2 rings (SSSR count). The standard InChI is InChI=1S/C17H25NO3/c1-11-7-13(14(8-11)17(20)21)10-16(19)15(18)9-12-5-3-2-4-6-12/h2-6,11,13-16,19H,7-10,18H2,1H3,(H,20,21). The minimum Gasteiger partial charge on any atom is -0.481 e. The van der Waals surface area contributed by atoms with Gasteiger partial charge in [0.25, 0.3) is 0 Å². The van der Waals surface area contributed by atoms with Crippen LogP contribution in [-0.4, -0.2) is 28.3 Å². The van der Waals surface area contributed by atoms with Crippen molar-refractivity contribution in [3.8, 4) is 0 Å². The number of carboxylic acids is 1.